The SMILES string of the molecule is CCn1nccc1C(=O)NC1CCC(Oc2cc(F)cc(F)c2)CC1. The lowest BCUT2D eigenvalue weighted by molar-refractivity contribution is 0.0883. The van der Waals surface area contributed by atoms with Crippen LogP contribution in [-0.2, 0) is 6.54 Å². The number of carbonyl (C=O) groups is 1. The first-order valence-electron chi connectivity index (χ1n) is 8.50. The molecule has 0 saturated heterocycles. The number of hydrogen-bond donors (Lipinski definition) is 1. The van der Waals surface area contributed by atoms with E-state index in [1.165, 1.54) is 12.1 Å². The highest BCUT2D eigenvalue weighted by molar-refractivity contribution is 5.92. The van der Waals surface area contributed by atoms with Gasteiger partial charge in [0.1, 0.15) is 23.1 Å². The van der Waals surface area contributed by atoms with E-state index >= 15 is 0 Å². The Morgan fingerprint density at radius 1 is 1.24 bits per heavy atom. The van der Waals surface area contributed by atoms with Crippen LogP contribution in [0.2, 0.25) is 0 Å². The fourth-order valence-electron chi connectivity index (χ4n) is 3.15. The van der Waals surface area contributed by atoms with Crippen molar-refractivity contribution in [1.29, 1.82) is 0 Å². The van der Waals surface area contributed by atoms with Gasteiger partial charge in [-0.15, -0.1) is 0 Å². The van der Waals surface area contributed by atoms with Crippen molar-refractivity contribution >= 4 is 5.91 Å². The number of aromatic nitrogens is 2. The lowest BCUT2D eigenvalue weighted by atomic mass is 9.93. The van der Waals surface area contributed by atoms with Crippen LogP contribution in [0.25, 0.3) is 0 Å². The maximum atomic E-state index is 13.2. The minimum atomic E-state index is -0.650. The molecule has 0 aliphatic heterocycles. The van der Waals surface area contributed by atoms with E-state index in [0.29, 0.717) is 12.2 Å². The second kappa shape index (κ2) is 7.63. The van der Waals surface area contributed by atoms with Crippen LogP contribution in [0.5, 0.6) is 5.75 Å². The number of benzene rings is 1. The number of halogens is 2. The van der Waals surface area contributed by atoms with Gasteiger partial charge in [0.2, 0.25) is 0 Å². The minimum Gasteiger partial charge on any atom is -0.490 e. The lowest BCUT2D eigenvalue weighted by Gasteiger charge is -2.29. The molecule has 0 unspecified atom stereocenters. The zero-order chi connectivity index (χ0) is 17.8. The molecule has 25 heavy (non-hydrogen) atoms. The van der Waals surface area contributed by atoms with E-state index in [1.54, 1.807) is 16.9 Å². The van der Waals surface area contributed by atoms with Gasteiger partial charge in [-0.1, -0.05) is 0 Å². The van der Waals surface area contributed by atoms with Crippen molar-refractivity contribution in [3.8, 4) is 5.75 Å². The molecule has 1 aliphatic carbocycles. The molecule has 1 heterocycles. The van der Waals surface area contributed by atoms with Crippen LogP contribution >= 0.6 is 0 Å². The van der Waals surface area contributed by atoms with E-state index in [9.17, 15) is 13.6 Å². The molecule has 3 rings (SSSR count). The van der Waals surface area contributed by atoms with Crippen LogP contribution in [0.1, 0.15) is 43.1 Å². The number of carbonyl (C=O) groups excluding carboxylic acids is 1. The van der Waals surface area contributed by atoms with Crippen molar-refractivity contribution in [3.63, 3.8) is 0 Å². The molecule has 1 aliphatic rings. The predicted octanol–water partition coefficient (Wildman–Crippen LogP) is 3.30. The maximum absolute atomic E-state index is 13.2. The Labute approximate surface area is 145 Å². The predicted molar refractivity (Wildman–Crippen MR) is 88.4 cm³/mol. The summed E-state index contributed by atoms with van der Waals surface area (Å²) < 4.78 is 33.7. The molecular formula is C18H21F2N3O2. The molecular weight excluding hydrogens is 328 g/mol. The normalized spacial score (nSPS) is 20.3. The summed E-state index contributed by atoms with van der Waals surface area (Å²) in [5, 5.41) is 7.12. The third-order valence-electron chi connectivity index (χ3n) is 4.40. The van der Waals surface area contributed by atoms with Crippen molar-refractivity contribution in [2.75, 3.05) is 0 Å². The second-order valence-corrected chi connectivity index (χ2v) is 6.20. The van der Waals surface area contributed by atoms with Gasteiger partial charge in [-0.2, -0.15) is 5.10 Å². The Balaban J connectivity index is 1.51. The first kappa shape index (κ1) is 17.4. The summed E-state index contributed by atoms with van der Waals surface area (Å²) in [6.07, 6.45) is 4.46. The molecule has 1 aromatic heterocycles. The van der Waals surface area contributed by atoms with Crippen LogP contribution in [-0.4, -0.2) is 27.8 Å². The van der Waals surface area contributed by atoms with Crippen LogP contribution < -0.4 is 10.1 Å². The fraction of sp³-hybridized carbons (Fsp3) is 0.444. The smallest absolute Gasteiger partial charge is 0.269 e. The average molecular weight is 349 g/mol. The molecule has 1 amide bonds. The topological polar surface area (TPSA) is 56.2 Å². The second-order valence-electron chi connectivity index (χ2n) is 6.20. The first-order chi connectivity index (χ1) is 12.0. The van der Waals surface area contributed by atoms with Gasteiger partial charge in [-0.05, 0) is 38.7 Å². The molecule has 0 radical (unpaired) electrons. The molecule has 2 aromatic rings. The summed E-state index contributed by atoms with van der Waals surface area (Å²) in [4.78, 5) is 12.3. The standard InChI is InChI=1S/C18H21F2N3O2/c1-2-23-17(7-8-21-23)18(24)22-14-3-5-15(6-4-14)25-16-10-12(19)9-13(20)11-16/h7-11,14-15H,2-6H2,1H3,(H,22,24). The van der Waals surface area contributed by atoms with E-state index in [1.807, 2.05) is 6.92 Å². The fourth-order valence-corrected chi connectivity index (χ4v) is 3.15. The van der Waals surface area contributed by atoms with Crippen LogP contribution in [0.4, 0.5) is 8.78 Å². The Kier molecular flexibility index (Phi) is 5.31. The summed E-state index contributed by atoms with van der Waals surface area (Å²) in [5.74, 6) is -1.22. The Bertz CT molecular complexity index is 719. The maximum Gasteiger partial charge on any atom is 0.269 e. The number of amides is 1. The summed E-state index contributed by atoms with van der Waals surface area (Å²) in [6.45, 7) is 2.57. The molecule has 1 N–H and O–H groups in total. The molecule has 0 atom stereocenters. The summed E-state index contributed by atoms with van der Waals surface area (Å²) >= 11 is 0. The summed E-state index contributed by atoms with van der Waals surface area (Å²) in [7, 11) is 0. The van der Waals surface area contributed by atoms with Crippen molar-refractivity contribution in [1.82, 2.24) is 15.1 Å². The minimum absolute atomic E-state index is 0.0665. The van der Waals surface area contributed by atoms with Crippen molar-refractivity contribution in [3.05, 3.63) is 47.8 Å². The first-order valence-corrected chi connectivity index (χ1v) is 8.50. The van der Waals surface area contributed by atoms with E-state index in [-0.39, 0.29) is 23.8 Å². The number of nitrogens with zero attached hydrogens (tertiary/aromatic N) is 2. The third kappa shape index (κ3) is 4.35. The van der Waals surface area contributed by atoms with Gasteiger partial charge in [0, 0.05) is 37.0 Å². The molecule has 1 fully saturated rings. The zero-order valence-electron chi connectivity index (χ0n) is 14.0. The summed E-state index contributed by atoms with van der Waals surface area (Å²) in [5.41, 5.74) is 0.552. The Hall–Kier alpha value is -2.44. The van der Waals surface area contributed by atoms with Gasteiger partial charge >= 0.3 is 0 Å². The summed E-state index contributed by atoms with van der Waals surface area (Å²) in [6, 6.07) is 4.95. The highest BCUT2D eigenvalue weighted by Gasteiger charge is 2.25. The van der Waals surface area contributed by atoms with Crippen molar-refractivity contribution in [2.24, 2.45) is 0 Å². The highest BCUT2D eigenvalue weighted by atomic mass is 19.1. The third-order valence-corrected chi connectivity index (χ3v) is 4.40. The van der Waals surface area contributed by atoms with E-state index in [2.05, 4.69) is 10.4 Å². The van der Waals surface area contributed by atoms with Gasteiger partial charge in [-0.25, -0.2) is 8.78 Å². The number of nitrogens with one attached hydrogen (secondary N) is 1. The van der Waals surface area contributed by atoms with Crippen LogP contribution in [0.3, 0.4) is 0 Å². The van der Waals surface area contributed by atoms with E-state index in [0.717, 1.165) is 31.7 Å². The Morgan fingerprint density at radius 2 is 1.92 bits per heavy atom. The zero-order valence-corrected chi connectivity index (χ0v) is 14.0. The van der Waals surface area contributed by atoms with Crippen molar-refractivity contribution < 1.29 is 18.3 Å². The lowest BCUT2D eigenvalue weighted by Crippen LogP contribution is -2.40. The molecule has 1 aromatic carbocycles. The van der Waals surface area contributed by atoms with Gasteiger partial charge in [0.05, 0.1) is 6.10 Å². The van der Waals surface area contributed by atoms with Crippen LogP contribution in [0.15, 0.2) is 30.5 Å². The molecule has 0 bridgehead atoms. The number of hydrogen-bond acceptors (Lipinski definition) is 3. The van der Waals surface area contributed by atoms with Gasteiger partial charge in [0.15, 0.2) is 0 Å². The van der Waals surface area contributed by atoms with Gasteiger partial charge < -0.3 is 10.1 Å². The van der Waals surface area contributed by atoms with Gasteiger partial charge in [-0.3, -0.25) is 9.48 Å². The quantitative estimate of drug-likeness (QED) is 0.901. The Morgan fingerprint density at radius 3 is 2.56 bits per heavy atom. The van der Waals surface area contributed by atoms with E-state index in [4.69, 9.17) is 4.74 Å². The molecule has 1 saturated carbocycles. The number of rotatable bonds is 5. The number of ether oxygens (including phenoxy) is 1. The molecule has 7 heteroatoms. The van der Waals surface area contributed by atoms with Crippen molar-refractivity contribution in [2.45, 2.75) is 51.3 Å². The van der Waals surface area contributed by atoms with Gasteiger partial charge in [0.25, 0.3) is 5.91 Å². The highest BCUT2D eigenvalue weighted by Crippen LogP contribution is 2.25. The average Bonchev–Trinajstić information content (AvgIpc) is 3.04. The molecule has 134 valence electrons. The monoisotopic (exact) mass is 349 g/mol. The number of aryl methyl sites for hydroxylation is 1. The largest absolute Gasteiger partial charge is 0.490 e. The van der Waals surface area contributed by atoms with E-state index < -0.39 is 11.6 Å². The van der Waals surface area contributed by atoms with Crippen LogP contribution in [0, 0.1) is 11.6 Å². The molecule has 5 nitrogen and oxygen atoms in total. The molecule has 0 spiro atoms.